The Kier molecular flexibility index (Phi) is 4.32. The molecule has 0 aliphatic carbocycles. The van der Waals surface area contributed by atoms with Gasteiger partial charge >= 0.3 is 5.97 Å². The Balaban J connectivity index is 2.36. The molecule has 0 amide bonds. The topological polar surface area (TPSA) is 73.3 Å². The lowest BCUT2D eigenvalue weighted by Gasteiger charge is -2.09. The number of carboxylic acid groups (broad SMARTS) is 1. The molecule has 24 heavy (non-hydrogen) atoms. The maximum Gasteiger partial charge on any atom is 0.352 e. The molecular weight excluding hydrogens is 326 g/mol. The smallest absolute Gasteiger partial charge is 0.352 e. The zero-order valence-electron chi connectivity index (χ0n) is 13.0. The summed E-state index contributed by atoms with van der Waals surface area (Å²) < 4.78 is 0. The summed E-state index contributed by atoms with van der Waals surface area (Å²) in [7, 11) is 0. The van der Waals surface area contributed by atoms with Crippen molar-refractivity contribution in [3.8, 4) is 28.1 Å². The van der Waals surface area contributed by atoms with Crippen molar-refractivity contribution in [1.29, 1.82) is 0 Å². The Labute approximate surface area is 144 Å². The highest BCUT2D eigenvalue weighted by Gasteiger charge is 2.25. The standard InChI is InChI=1S/C19H16ClNO3/c1-2-11-16(12-7-3-5-9-14(12)20)18(19(23)24)21-17(11)13-8-4-6-10-15(13)22/h3-10,21-22H,2H2,1H3,(H,23,24). The number of hydrogen-bond donors (Lipinski definition) is 3. The van der Waals surface area contributed by atoms with Crippen LogP contribution in [-0.4, -0.2) is 21.2 Å². The summed E-state index contributed by atoms with van der Waals surface area (Å²) in [5.74, 6) is -0.975. The number of rotatable bonds is 4. The van der Waals surface area contributed by atoms with Crippen LogP contribution in [0.5, 0.6) is 5.75 Å². The minimum Gasteiger partial charge on any atom is -0.507 e. The van der Waals surface area contributed by atoms with E-state index in [4.69, 9.17) is 11.6 Å². The second kappa shape index (κ2) is 6.42. The number of halogens is 1. The molecule has 5 heteroatoms. The molecule has 2 aromatic carbocycles. The van der Waals surface area contributed by atoms with Gasteiger partial charge in [-0.3, -0.25) is 0 Å². The number of aromatic hydroxyl groups is 1. The number of nitrogens with one attached hydrogen (secondary N) is 1. The first-order valence-electron chi connectivity index (χ1n) is 7.56. The normalized spacial score (nSPS) is 10.8. The van der Waals surface area contributed by atoms with Gasteiger partial charge in [-0.15, -0.1) is 0 Å². The van der Waals surface area contributed by atoms with Crippen LogP contribution in [0.1, 0.15) is 23.0 Å². The highest BCUT2D eigenvalue weighted by Crippen LogP contribution is 2.41. The average molecular weight is 342 g/mol. The van der Waals surface area contributed by atoms with Crippen LogP contribution in [-0.2, 0) is 6.42 Å². The largest absolute Gasteiger partial charge is 0.507 e. The summed E-state index contributed by atoms with van der Waals surface area (Å²) in [6.07, 6.45) is 0.591. The number of hydrogen-bond acceptors (Lipinski definition) is 2. The summed E-state index contributed by atoms with van der Waals surface area (Å²) in [4.78, 5) is 14.7. The number of para-hydroxylation sites is 1. The zero-order chi connectivity index (χ0) is 17.3. The Bertz CT molecular complexity index is 915. The Morgan fingerprint density at radius 3 is 2.29 bits per heavy atom. The molecule has 1 aromatic heterocycles. The highest BCUT2D eigenvalue weighted by atomic mass is 35.5. The third-order valence-electron chi connectivity index (χ3n) is 3.99. The molecule has 3 N–H and O–H groups in total. The van der Waals surface area contributed by atoms with Crippen LogP contribution in [0, 0.1) is 0 Å². The molecule has 0 spiro atoms. The Hall–Kier alpha value is -2.72. The number of carbonyl (C=O) groups is 1. The van der Waals surface area contributed by atoms with Gasteiger partial charge in [0.1, 0.15) is 11.4 Å². The number of H-pyrrole nitrogens is 1. The van der Waals surface area contributed by atoms with Gasteiger partial charge in [-0.1, -0.05) is 48.9 Å². The summed E-state index contributed by atoms with van der Waals surface area (Å²) in [5, 5.41) is 20.3. The number of aromatic carboxylic acids is 1. The quantitative estimate of drug-likeness (QED) is 0.627. The van der Waals surface area contributed by atoms with Crippen molar-refractivity contribution >= 4 is 17.6 Å². The molecule has 1 heterocycles. The molecule has 0 unspecified atom stereocenters. The first-order chi connectivity index (χ1) is 11.5. The number of carboxylic acids is 1. The fourth-order valence-electron chi connectivity index (χ4n) is 2.93. The van der Waals surface area contributed by atoms with E-state index in [2.05, 4.69) is 4.98 Å². The summed E-state index contributed by atoms with van der Waals surface area (Å²) in [6.45, 7) is 1.94. The lowest BCUT2D eigenvalue weighted by molar-refractivity contribution is 0.0692. The monoisotopic (exact) mass is 341 g/mol. The van der Waals surface area contributed by atoms with Crippen molar-refractivity contribution in [1.82, 2.24) is 4.98 Å². The first-order valence-corrected chi connectivity index (χ1v) is 7.93. The highest BCUT2D eigenvalue weighted by molar-refractivity contribution is 6.33. The molecule has 0 fully saturated rings. The number of phenols is 1. The molecule has 3 aromatic rings. The average Bonchev–Trinajstić information content (AvgIpc) is 2.95. The van der Waals surface area contributed by atoms with Crippen molar-refractivity contribution < 1.29 is 15.0 Å². The Morgan fingerprint density at radius 1 is 1.08 bits per heavy atom. The summed E-state index contributed by atoms with van der Waals surface area (Å²) >= 11 is 6.29. The van der Waals surface area contributed by atoms with E-state index < -0.39 is 5.97 Å². The van der Waals surface area contributed by atoms with Crippen LogP contribution in [0.15, 0.2) is 48.5 Å². The fourth-order valence-corrected chi connectivity index (χ4v) is 3.16. The van der Waals surface area contributed by atoms with E-state index in [1.807, 2.05) is 13.0 Å². The van der Waals surface area contributed by atoms with Crippen molar-refractivity contribution in [2.75, 3.05) is 0 Å². The van der Waals surface area contributed by atoms with E-state index in [1.165, 1.54) is 0 Å². The van der Waals surface area contributed by atoms with E-state index in [0.29, 0.717) is 33.8 Å². The van der Waals surface area contributed by atoms with E-state index in [-0.39, 0.29) is 11.4 Å². The first kappa shape index (κ1) is 16.1. The number of aromatic amines is 1. The van der Waals surface area contributed by atoms with Crippen LogP contribution < -0.4 is 0 Å². The number of aromatic nitrogens is 1. The van der Waals surface area contributed by atoms with E-state index >= 15 is 0 Å². The lowest BCUT2D eigenvalue weighted by atomic mass is 9.96. The zero-order valence-corrected chi connectivity index (χ0v) is 13.8. The Morgan fingerprint density at radius 2 is 1.71 bits per heavy atom. The molecule has 0 saturated carbocycles. The predicted octanol–water partition coefficient (Wildman–Crippen LogP) is 4.97. The maximum atomic E-state index is 11.8. The second-order valence-corrected chi connectivity index (χ2v) is 5.79. The molecule has 0 saturated heterocycles. The van der Waals surface area contributed by atoms with Crippen LogP contribution in [0.2, 0.25) is 5.02 Å². The molecule has 4 nitrogen and oxygen atoms in total. The van der Waals surface area contributed by atoms with Crippen molar-refractivity contribution in [2.24, 2.45) is 0 Å². The minimum atomic E-state index is -1.07. The number of phenolic OH excluding ortho intramolecular Hbond substituents is 1. The van der Waals surface area contributed by atoms with Gasteiger partial charge in [0, 0.05) is 21.7 Å². The summed E-state index contributed by atoms with van der Waals surface area (Å²) in [6, 6.07) is 14.0. The predicted molar refractivity (Wildman–Crippen MR) is 94.7 cm³/mol. The molecule has 122 valence electrons. The molecule has 0 aliphatic heterocycles. The van der Waals surface area contributed by atoms with Crippen molar-refractivity contribution in [2.45, 2.75) is 13.3 Å². The van der Waals surface area contributed by atoms with Crippen molar-refractivity contribution in [3.63, 3.8) is 0 Å². The molecule has 0 aliphatic rings. The third kappa shape index (κ3) is 2.65. The fraction of sp³-hybridized carbons (Fsp3) is 0.105. The van der Waals surface area contributed by atoms with E-state index in [1.54, 1.807) is 42.5 Å². The molecule has 0 bridgehead atoms. The molecular formula is C19H16ClNO3. The number of benzene rings is 2. The van der Waals surface area contributed by atoms with Crippen LogP contribution >= 0.6 is 11.6 Å². The minimum absolute atomic E-state index is 0.0678. The van der Waals surface area contributed by atoms with Gasteiger partial charge in [0.15, 0.2) is 0 Å². The molecule has 3 rings (SSSR count). The molecule has 0 radical (unpaired) electrons. The second-order valence-electron chi connectivity index (χ2n) is 5.38. The van der Waals surface area contributed by atoms with Crippen LogP contribution in [0.4, 0.5) is 0 Å². The van der Waals surface area contributed by atoms with Gasteiger partial charge in [-0.05, 0) is 30.2 Å². The van der Waals surface area contributed by atoms with Gasteiger partial charge < -0.3 is 15.2 Å². The SMILES string of the molecule is CCc1c(-c2ccccc2O)[nH]c(C(=O)O)c1-c1ccccc1Cl. The van der Waals surface area contributed by atoms with Crippen LogP contribution in [0.3, 0.4) is 0 Å². The van der Waals surface area contributed by atoms with Gasteiger partial charge in [0.25, 0.3) is 0 Å². The lowest BCUT2D eigenvalue weighted by Crippen LogP contribution is -1.99. The van der Waals surface area contributed by atoms with E-state index in [0.717, 1.165) is 5.56 Å². The molecule has 0 atom stereocenters. The van der Waals surface area contributed by atoms with E-state index in [9.17, 15) is 15.0 Å². The van der Waals surface area contributed by atoms with Gasteiger partial charge in [0.05, 0.1) is 5.69 Å². The van der Waals surface area contributed by atoms with Gasteiger partial charge in [0.2, 0.25) is 0 Å². The maximum absolute atomic E-state index is 11.8. The van der Waals surface area contributed by atoms with Crippen molar-refractivity contribution in [3.05, 3.63) is 64.8 Å². The van der Waals surface area contributed by atoms with Gasteiger partial charge in [-0.25, -0.2) is 4.79 Å². The van der Waals surface area contributed by atoms with Crippen LogP contribution in [0.25, 0.3) is 22.4 Å². The third-order valence-corrected chi connectivity index (χ3v) is 4.32. The van der Waals surface area contributed by atoms with Gasteiger partial charge in [-0.2, -0.15) is 0 Å². The summed E-state index contributed by atoms with van der Waals surface area (Å²) in [5.41, 5.74) is 3.26.